The molecular weight excluding hydrogens is 332 g/mol. The molecule has 2 aromatic rings. The van der Waals surface area contributed by atoms with Gasteiger partial charge >= 0.3 is 0 Å². The van der Waals surface area contributed by atoms with Gasteiger partial charge in [-0.3, -0.25) is 24.2 Å². The van der Waals surface area contributed by atoms with Crippen LogP contribution in [0.5, 0.6) is 0 Å². The summed E-state index contributed by atoms with van der Waals surface area (Å²) in [6.45, 7) is 6.48. The molecule has 1 N–H and O–H groups in total. The second kappa shape index (κ2) is 7.63. The summed E-state index contributed by atoms with van der Waals surface area (Å²) in [4.78, 5) is 34.9. The molecule has 1 atom stereocenters. The zero-order valence-corrected chi connectivity index (χ0v) is 15.3. The van der Waals surface area contributed by atoms with Gasteiger partial charge in [0, 0.05) is 25.7 Å². The molecule has 0 saturated carbocycles. The van der Waals surface area contributed by atoms with E-state index in [0.717, 1.165) is 18.5 Å². The highest BCUT2D eigenvalue weighted by Gasteiger charge is 2.33. The summed E-state index contributed by atoms with van der Waals surface area (Å²) in [5.74, 6) is -0.149. The van der Waals surface area contributed by atoms with Gasteiger partial charge in [0.1, 0.15) is 5.69 Å². The molecule has 0 radical (unpaired) electrons. The average molecular weight is 356 g/mol. The number of hydrogen-bond donors (Lipinski definition) is 1. The van der Waals surface area contributed by atoms with Crippen molar-refractivity contribution in [1.29, 1.82) is 0 Å². The first-order valence-corrected chi connectivity index (χ1v) is 8.87. The molecule has 3 heterocycles. The summed E-state index contributed by atoms with van der Waals surface area (Å²) in [6, 6.07) is 1.77. The predicted octanol–water partition coefficient (Wildman–Crippen LogP) is 1.87. The lowest BCUT2D eigenvalue weighted by Crippen LogP contribution is -2.33. The van der Waals surface area contributed by atoms with E-state index in [-0.39, 0.29) is 23.9 Å². The monoisotopic (exact) mass is 356 g/mol. The van der Waals surface area contributed by atoms with Gasteiger partial charge in [-0.2, -0.15) is 5.10 Å². The van der Waals surface area contributed by atoms with E-state index in [4.69, 9.17) is 0 Å². The SMILES string of the molecule is CC(=O)NCc1cncc([C@H]2CCCN2C(=O)c2ccnn2C(C)C)n1. The molecular formula is C18H24N6O2. The first-order chi connectivity index (χ1) is 12.5. The second-order valence-corrected chi connectivity index (χ2v) is 6.76. The molecule has 0 bridgehead atoms. The van der Waals surface area contributed by atoms with Crippen LogP contribution in [-0.2, 0) is 11.3 Å². The number of likely N-dealkylation sites (tertiary alicyclic amines) is 1. The van der Waals surface area contributed by atoms with Crippen LogP contribution in [-0.4, -0.2) is 43.0 Å². The minimum atomic E-state index is -0.114. The lowest BCUT2D eigenvalue weighted by atomic mass is 10.1. The van der Waals surface area contributed by atoms with Crippen molar-refractivity contribution >= 4 is 11.8 Å². The quantitative estimate of drug-likeness (QED) is 0.883. The van der Waals surface area contributed by atoms with E-state index in [1.165, 1.54) is 6.92 Å². The highest BCUT2D eigenvalue weighted by Crippen LogP contribution is 2.32. The van der Waals surface area contributed by atoms with Crippen LogP contribution in [0.3, 0.4) is 0 Å². The summed E-state index contributed by atoms with van der Waals surface area (Å²) in [6.07, 6.45) is 6.76. The number of aromatic nitrogens is 4. The molecule has 1 aliphatic heterocycles. The van der Waals surface area contributed by atoms with Crippen molar-refractivity contribution in [2.45, 2.75) is 52.2 Å². The molecule has 3 rings (SSSR count). The maximum atomic E-state index is 13.1. The molecule has 8 nitrogen and oxygen atoms in total. The van der Waals surface area contributed by atoms with Crippen LogP contribution < -0.4 is 5.32 Å². The molecule has 8 heteroatoms. The Balaban J connectivity index is 1.82. The number of rotatable bonds is 5. The lowest BCUT2D eigenvalue weighted by Gasteiger charge is -2.25. The zero-order chi connectivity index (χ0) is 18.7. The Morgan fingerprint density at radius 3 is 2.88 bits per heavy atom. The van der Waals surface area contributed by atoms with Crippen LogP contribution >= 0.6 is 0 Å². The number of amides is 2. The third kappa shape index (κ3) is 3.74. The molecule has 2 aromatic heterocycles. The van der Waals surface area contributed by atoms with Gasteiger partial charge in [0.25, 0.3) is 5.91 Å². The van der Waals surface area contributed by atoms with Crippen LogP contribution in [0.25, 0.3) is 0 Å². The molecule has 0 aromatic carbocycles. The second-order valence-electron chi connectivity index (χ2n) is 6.76. The van der Waals surface area contributed by atoms with Crippen LogP contribution in [0.2, 0.25) is 0 Å². The maximum Gasteiger partial charge on any atom is 0.272 e. The van der Waals surface area contributed by atoms with Crippen molar-refractivity contribution in [2.24, 2.45) is 0 Å². The number of hydrogen-bond acceptors (Lipinski definition) is 5. The molecule has 1 aliphatic rings. The zero-order valence-electron chi connectivity index (χ0n) is 15.3. The third-order valence-electron chi connectivity index (χ3n) is 4.46. The van der Waals surface area contributed by atoms with Gasteiger partial charge in [0.05, 0.1) is 36.4 Å². The fraction of sp³-hybridized carbons (Fsp3) is 0.500. The van der Waals surface area contributed by atoms with Crippen LogP contribution in [0, 0.1) is 0 Å². The molecule has 1 saturated heterocycles. The van der Waals surface area contributed by atoms with Gasteiger partial charge in [-0.1, -0.05) is 0 Å². The van der Waals surface area contributed by atoms with Crippen LogP contribution in [0.1, 0.15) is 67.6 Å². The minimum Gasteiger partial charge on any atom is -0.351 e. The fourth-order valence-electron chi connectivity index (χ4n) is 3.24. The van der Waals surface area contributed by atoms with E-state index < -0.39 is 0 Å². The Morgan fingerprint density at radius 1 is 1.35 bits per heavy atom. The van der Waals surface area contributed by atoms with Crippen LogP contribution in [0.15, 0.2) is 24.7 Å². The smallest absolute Gasteiger partial charge is 0.272 e. The highest BCUT2D eigenvalue weighted by molar-refractivity contribution is 5.93. The maximum absolute atomic E-state index is 13.1. The Morgan fingerprint density at radius 2 is 2.15 bits per heavy atom. The fourth-order valence-corrected chi connectivity index (χ4v) is 3.24. The Hall–Kier alpha value is -2.77. The standard InChI is InChI=1S/C18H24N6O2/c1-12(2)24-17(6-7-21-24)18(26)23-8-4-5-16(23)15-11-19-9-14(22-15)10-20-13(3)25/h6-7,9,11-12,16H,4-5,8,10H2,1-3H3,(H,20,25)/t16-/m1/s1. The summed E-state index contributed by atoms with van der Waals surface area (Å²) >= 11 is 0. The van der Waals surface area contributed by atoms with Crippen molar-refractivity contribution in [1.82, 2.24) is 30.0 Å². The number of nitrogens with one attached hydrogen (secondary N) is 1. The molecule has 0 aliphatic carbocycles. The van der Waals surface area contributed by atoms with E-state index in [1.54, 1.807) is 29.3 Å². The normalized spacial score (nSPS) is 16.9. The molecule has 26 heavy (non-hydrogen) atoms. The summed E-state index contributed by atoms with van der Waals surface area (Å²) in [5, 5.41) is 6.98. The summed E-state index contributed by atoms with van der Waals surface area (Å²) < 4.78 is 1.75. The van der Waals surface area contributed by atoms with Gasteiger partial charge in [-0.25, -0.2) is 0 Å². The summed E-state index contributed by atoms with van der Waals surface area (Å²) in [7, 11) is 0. The summed E-state index contributed by atoms with van der Waals surface area (Å²) in [5.41, 5.74) is 2.03. The van der Waals surface area contributed by atoms with Gasteiger partial charge in [-0.15, -0.1) is 0 Å². The largest absolute Gasteiger partial charge is 0.351 e. The Kier molecular flexibility index (Phi) is 5.29. The molecule has 2 amide bonds. The van der Waals surface area contributed by atoms with Crippen molar-refractivity contribution in [3.63, 3.8) is 0 Å². The molecule has 1 fully saturated rings. The van der Waals surface area contributed by atoms with E-state index >= 15 is 0 Å². The van der Waals surface area contributed by atoms with Gasteiger partial charge in [0.15, 0.2) is 0 Å². The van der Waals surface area contributed by atoms with Gasteiger partial charge in [0.2, 0.25) is 5.91 Å². The minimum absolute atomic E-state index is 0.0345. The Bertz CT molecular complexity index is 800. The van der Waals surface area contributed by atoms with Crippen molar-refractivity contribution in [2.75, 3.05) is 6.54 Å². The lowest BCUT2D eigenvalue weighted by molar-refractivity contribution is -0.119. The molecule has 138 valence electrons. The van der Waals surface area contributed by atoms with Gasteiger partial charge < -0.3 is 10.2 Å². The number of carbonyl (C=O) groups excluding carboxylic acids is 2. The van der Waals surface area contributed by atoms with Gasteiger partial charge in [-0.05, 0) is 32.8 Å². The third-order valence-corrected chi connectivity index (χ3v) is 4.46. The first-order valence-electron chi connectivity index (χ1n) is 8.87. The van der Waals surface area contributed by atoms with E-state index in [0.29, 0.717) is 24.5 Å². The van der Waals surface area contributed by atoms with E-state index in [1.807, 2.05) is 18.7 Å². The van der Waals surface area contributed by atoms with E-state index in [9.17, 15) is 9.59 Å². The van der Waals surface area contributed by atoms with Crippen molar-refractivity contribution in [3.8, 4) is 0 Å². The highest BCUT2D eigenvalue weighted by atomic mass is 16.2. The topological polar surface area (TPSA) is 93.0 Å². The number of nitrogens with zero attached hydrogens (tertiary/aromatic N) is 5. The average Bonchev–Trinajstić information content (AvgIpc) is 3.29. The van der Waals surface area contributed by atoms with Crippen molar-refractivity contribution in [3.05, 3.63) is 41.7 Å². The predicted molar refractivity (Wildman–Crippen MR) is 95.2 cm³/mol. The van der Waals surface area contributed by atoms with Crippen molar-refractivity contribution < 1.29 is 9.59 Å². The number of carbonyl (C=O) groups is 2. The Labute approximate surface area is 152 Å². The first kappa shape index (κ1) is 18.0. The molecule has 0 unspecified atom stereocenters. The van der Waals surface area contributed by atoms with E-state index in [2.05, 4.69) is 20.4 Å². The van der Waals surface area contributed by atoms with Crippen LogP contribution in [0.4, 0.5) is 0 Å². The molecule has 0 spiro atoms.